The summed E-state index contributed by atoms with van der Waals surface area (Å²) < 4.78 is 38.3. The van der Waals surface area contributed by atoms with Crippen molar-refractivity contribution < 1.29 is 17.6 Å². The third-order valence-corrected chi connectivity index (χ3v) is 9.53. The lowest BCUT2D eigenvalue weighted by Crippen LogP contribution is -2.16. The van der Waals surface area contributed by atoms with E-state index in [0.29, 0.717) is 41.5 Å². The number of hydrogen-bond donors (Lipinski definition) is 0. The Balaban J connectivity index is 1.74. The maximum absolute atomic E-state index is 13.8. The van der Waals surface area contributed by atoms with Crippen LogP contribution in [0.25, 0.3) is 21.9 Å². The van der Waals surface area contributed by atoms with Crippen molar-refractivity contribution in [1.82, 2.24) is 0 Å². The normalized spacial score (nSPS) is 12.3. The summed E-state index contributed by atoms with van der Waals surface area (Å²) in [5.74, 6) is -0.499. The number of alkyl halides is 1. The number of allylic oxidation sites excluding steroid dienone is 4. The van der Waals surface area contributed by atoms with Crippen molar-refractivity contribution in [3.8, 4) is 0 Å². The molecule has 0 aliphatic carbocycles. The first-order valence-electron chi connectivity index (χ1n) is 12.5. The molecule has 0 atom stereocenters. The predicted molar refractivity (Wildman–Crippen MR) is 167 cm³/mol. The molecule has 0 amide bonds. The standard InChI is InChI=1S/C32H20Cl2F2O4S2/c1-2-7-27(23(33)14-15-35)41-29-19-8-3-5-10-25(19)39-31(37)21(29)17-22-30(42-28-13-12-18(36)16-24(28)34)20-9-4-6-11-26(20)40-32(22)38/h2-14,16H,1,15,17H2/b23-14+,27-7+. The molecule has 4 nitrogen and oxygen atoms in total. The van der Waals surface area contributed by atoms with E-state index < -0.39 is 23.7 Å². The molecule has 0 bridgehead atoms. The minimum absolute atomic E-state index is 0.137. The summed E-state index contributed by atoms with van der Waals surface area (Å²) in [6.07, 6.45) is 4.14. The molecule has 212 valence electrons. The second-order valence-corrected chi connectivity index (χ2v) is 11.7. The Morgan fingerprint density at radius 3 is 2.10 bits per heavy atom. The number of halogens is 4. The number of rotatable bonds is 9. The zero-order chi connectivity index (χ0) is 29.8. The quantitative estimate of drug-likeness (QED) is 0.0908. The molecule has 42 heavy (non-hydrogen) atoms. The molecule has 0 N–H and O–H groups in total. The molecule has 5 rings (SSSR count). The Morgan fingerprint density at radius 2 is 1.50 bits per heavy atom. The molecular weight excluding hydrogens is 621 g/mol. The molecule has 0 radical (unpaired) electrons. The van der Waals surface area contributed by atoms with Crippen molar-refractivity contribution >= 4 is 68.7 Å². The zero-order valence-corrected chi connectivity index (χ0v) is 24.8. The van der Waals surface area contributed by atoms with E-state index in [1.165, 1.54) is 42.1 Å². The van der Waals surface area contributed by atoms with Gasteiger partial charge in [-0.25, -0.2) is 18.4 Å². The minimum atomic E-state index is -0.789. The fourth-order valence-corrected chi connectivity index (χ4v) is 6.96. The first-order valence-corrected chi connectivity index (χ1v) is 14.8. The summed E-state index contributed by atoms with van der Waals surface area (Å²) in [5.41, 5.74) is -0.295. The van der Waals surface area contributed by atoms with Gasteiger partial charge in [-0.15, -0.1) is 0 Å². The summed E-state index contributed by atoms with van der Waals surface area (Å²) in [6.45, 7) is 2.93. The lowest BCUT2D eigenvalue weighted by Gasteiger charge is -2.15. The van der Waals surface area contributed by atoms with E-state index in [4.69, 9.17) is 32.0 Å². The smallest absolute Gasteiger partial charge is 0.340 e. The van der Waals surface area contributed by atoms with E-state index in [1.54, 1.807) is 54.6 Å². The van der Waals surface area contributed by atoms with Gasteiger partial charge >= 0.3 is 11.3 Å². The van der Waals surface area contributed by atoms with Gasteiger partial charge in [0.05, 0.1) is 21.2 Å². The van der Waals surface area contributed by atoms with E-state index in [1.807, 2.05) is 0 Å². The van der Waals surface area contributed by atoms with Crippen LogP contribution in [-0.2, 0) is 6.42 Å². The summed E-state index contributed by atoms with van der Waals surface area (Å²) in [4.78, 5) is 28.9. The summed E-state index contributed by atoms with van der Waals surface area (Å²) in [7, 11) is 0. The van der Waals surface area contributed by atoms with Crippen molar-refractivity contribution in [2.75, 3.05) is 6.67 Å². The maximum Gasteiger partial charge on any atom is 0.340 e. The fourth-order valence-electron chi connectivity index (χ4n) is 4.25. The second kappa shape index (κ2) is 13.2. The van der Waals surface area contributed by atoms with Crippen LogP contribution in [0.1, 0.15) is 11.1 Å². The largest absolute Gasteiger partial charge is 0.422 e. The van der Waals surface area contributed by atoms with Crippen LogP contribution in [0.3, 0.4) is 0 Å². The van der Waals surface area contributed by atoms with Gasteiger partial charge in [-0.2, -0.15) is 0 Å². The average molecular weight is 642 g/mol. The maximum atomic E-state index is 13.8. The van der Waals surface area contributed by atoms with E-state index in [9.17, 15) is 18.4 Å². The molecule has 0 fully saturated rings. The molecule has 0 aliphatic rings. The van der Waals surface area contributed by atoms with Crippen LogP contribution in [0.5, 0.6) is 0 Å². The summed E-state index contributed by atoms with van der Waals surface area (Å²) >= 11 is 15.0. The highest BCUT2D eigenvalue weighted by Gasteiger charge is 2.23. The molecule has 10 heteroatoms. The van der Waals surface area contributed by atoms with Gasteiger partial charge < -0.3 is 8.83 Å². The Bertz CT molecular complexity index is 2010. The molecule has 0 aliphatic heterocycles. The first-order chi connectivity index (χ1) is 20.3. The SMILES string of the molecule is C=C/C=C(Sc1c(Cc2c(Sc3ccc(F)cc3Cl)c3ccccc3oc2=O)c(=O)oc2ccccc12)\C(Cl)=C/CF. The van der Waals surface area contributed by atoms with Crippen LogP contribution in [0, 0.1) is 5.82 Å². The lowest BCUT2D eigenvalue weighted by atomic mass is 10.0. The van der Waals surface area contributed by atoms with E-state index in [2.05, 4.69) is 6.58 Å². The zero-order valence-electron chi connectivity index (χ0n) is 21.7. The minimum Gasteiger partial charge on any atom is -0.422 e. The third kappa shape index (κ3) is 6.27. The Labute approximate surface area is 257 Å². The topological polar surface area (TPSA) is 60.4 Å². The second-order valence-electron chi connectivity index (χ2n) is 8.82. The molecular formula is C32H20Cl2F2O4S2. The van der Waals surface area contributed by atoms with Crippen molar-refractivity contribution in [1.29, 1.82) is 0 Å². The molecule has 0 unspecified atom stereocenters. The van der Waals surface area contributed by atoms with Crippen LogP contribution < -0.4 is 11.3 Å². The predicted octanol–water partition coefficient (Wildman–Crippen LogP) is 9.69. The van der Waals surface area contributed by atoms with Gasteiger partial charge in [0.15, 0.2) is 0 Å². The average Bonchev–Trinajstić information content (AvgIpc) is 2.97. The third-order valence-electron chi connectivity index (χ3n) is 6.14. The molecule has 0 spiro atoms. The van der Waals surface area contributed by atoms with Gasteiger partial charge in [-0.3, -0.25) is 0 Å². The van der Waals surface area contributed by atoms with Gasteiger partial charge in [-0.05, 0) is 42.5 Å². The first kappa shape index (κ1) is 29.9. The molecule has 2 aromatic heterocycles. The number of para-hydroxylation sites is 2. The van der Waals surface area contributed by atoms with Crippen LogP contribution >= 0.6 is 46.7 Å². The lowest BCUT2D eigenvalue weighted by molar-refractivity contribution is 0.536. The Kier molecular flexibility index (Phi) is 9.38. The van der Waals surface area contributed by atoms with Gasteiger partial charge in [0.1, 0.15) is 23.7 Å². The van der Waals surface area contributed by atoms with Crippen LogP contribution in [-0.4, -0.2) is 6.67 Å². The van der Waals surface area contributed by atoms with Gasteiger partial charge in [0.25, 0.3) is 0 Å². The molecule has 5 aromatic rings. The Morgan fingerprint density at radius 1 is 0.905 bits per heavy atom. The van der Waals surface area contributed by atoms with Crippen molar-refractivity contribution in [2.45, 2.75) is 21.1 Å². The van der Waals surface area contributed by atoms with Crippen LogP contribution in [0.2, 0.25) is 5.02 Å². The van der Waals surface area contributed by atoms with E-state index in [-0.39, 0.29) is 27.6 Å². The van der Waals surface area contributed by atoms with E-state index >= 15 is 0 Å². The summed E-state index contributed by atoms with van der Waals surface area (Å²) in [6, 6.07) is 17.9. The monoisotopic (exact) mass is 640 g/mol. The Hall–Kier alpha value is -3.56. The highest BCUT2D eigenvalue weighted by atomic mass is 35.5. The molecule has 3 aromatic carbocycles. The number of benzene rings is 3. The van der Waals surface area contributed by atoms with Gasteiger partial charge in [-0.1, -0.05) is 95.8 Å². The van der Waals surface area contributed by atoms with Crippen molar-refractivity contribution in [3.05, 3.63) is 144 Å². The highest BCUT2D eigenvalue weighted by molar-refractivity contribution is 8.03. The van der Waals surface area contributed by atoms with Crippen LogP contribution in [0.4, 0.5) is 8.78 Å². The fraction of sp³-hybridized carbons (Fsp3) is 0.0625. The van der Waals surface area contributed by atoms with Crippen molar-refractivity contribution in [3.63, 3.8) is 0 Å². The molecule has 0 saturated carbocycles. The van der Waals surface area contributed by atoms with E-state index in [0.717, 1.165) is 11.8 Å². The van der Waals surface area contributed by atoms with Crippen LogP contribution in [0.15, 0.2) is 135 Å². The number of thioether (sulfide) groups is 1. The number of hydrogen-bond acceptors (Lipinski definition) is 6. The molecule has 0 saturated heterocycles. The van der Waals surface area contributed by atoms with Gasteiger partial charge in [0, 0.05) is 36.8 Å². The van der Waals surface area contributed by atoms with Gasteiger partial charge in [0.2, 0.25) is 0 Å². The molecule has 2 heterocycles. The van der Waals surface area contributed by atoms with Crippen molar-refractivity contribution in [2.24, 2.45) is 0 Å². The number of fused-ring (bicyclic) bond motifs is 2. The highest BCUT2D eigenvalue weighted by Crippen LogP contribution is 2.42. The summed E-state index contributed by atoms with van der Waals surface area (Å²) in [5, 5.41) is 1.51.